The van der Waals surface area contributed by atoms with Gasteiger partial charge in [-0.3, -0.25) is 14.5 Å². The number of rotatable bonds is 4. The van der Waals surface area contributed by atoms with Crippen LogP contribution in [0.2, 0.25) is 0 Å². The normalized spacial score (nSPS) is 17.2. The smallest absolute Gasteiger partial charge is 0.408 e. The van der Waals surface area contributed by atoms with Crippen LogP contribution in [0.1, 0.15) is 33.6 Å². The Kier molecular flexibility index (Phi) is 4.21. The maximum absolute atomic E-state index is 12.2. The van der Waals surface area contributed by atoms with Crippen molar-refractivity contribution >= 4 is 12.0 Å². The fraction of sp³-hybridized carbons (Fsp3) is 0.833. The average Bonchev–Trinajstić information content (AvgIpc) is 3.04. The quantitative estimate of drug-likeness (QED) is 0.777. The molecule has 6 nitrogen and oxygen atoms in total. The molecule has 0 saturated heterocycles. The van der Waals surface area contributed by atoms with Gasteiger partial charge in [0.05, 0.1) is 7.11 Å². The molecule has 0 aromatic rings. The number of nitrogens with zero attached hydrogens (tertiary/aromatic N) is 2. The summed E-state index contributed by atoms with van der Waals surface area (Å²) < 4.78 is 0. The van der Waals surface area contributed by atoms with Gasteiger partial charge in [0.15, 0.2) is 0 Å². The molecule has 0 bridgehead atoms. The molecule has 6 heteroatoms. The van der Waals surface area contributed by atoms with E-state index in [0.29, 0.717) is 0 Å². The Hall–Kier alpha value is -1.30. The first kappa shape index (κ1) is 14.8. The fourth-order valence-corrected chi connectivity index (χ4v) is 2.03. The number of carbonyl (C=O) groups is 2. The maximum atomic E-state index is 12.2. The molecule has 0 heterocycles. The first-order valence-corrected chi connectivity index (χ1v) is 6.04. The first-order valence-electron chi connectivity index (χ1n) is 6.04. The molecule has 2 amide bonds. The lowest BCUT2D eigenvalue weighted by Gasteiger charge is -2.39. The molecule has 0 aromatic heterocycles. The molecule has 0 spiro atoms. The summed E-state index contributed by atoms with van der Waals surface area (Å²) in [5.41, 5.74) is -0.622. The zero-order chi connectivity index (χ0) is 14.1. The van der Waals surface area contributed by atoms with E-state index < -0.39 is 17.7 Å². The maximum Gasteiger partial charge on any atom is 0.408 e. The fourth-order valence-electron chi connectivity index (χ4n) is 2.03. The van der Waals surface area contributed by atoms with Crippen LogP contribution < -0.4 is 0 Å². The van der Waals surface area contributed by atoms with Crippen molar-refractivity contribution < 1.29 is 19.5 Å². The van der Waals surface area contributed by atoms with Crippen LogP contribution in [-0.2, 0) is 9.63 Å². The average molecular weight is 258 g/mol. The highest BCUT2D eigenvalue weighted by molar-refractivity contribution is 5.85. The van der Waals surface area contributed by atoms with E-state index >= 15 is 0 Å². The Morgan fingerprint density at radius 3 is 2.11 bits per heavy atom. The van der Waals surface area contributed by atoms with E-state index in [9.17, 15) is 14.7 Å². The molecule has 0 unspecified atom stereocenters. The lowest BCUT2D eigenvalue weighted by Crippen LogP contribution is -2.57. The van der Waals surface area contributed by atoms with E-state index in [4.69, 9.17) is 4.84 Å². The zero-order valence-corrected chi connectivity index (χ0v) is 11.6. The van der Waals surface area contributed by atoms with Crippen LogP contribution in [0, 0.1) is 5.92 Å². The molecule has 1 fully saturated rings. The van der Waals surface area contributed by atoms with Gasteiger partial charge >= 0.3 is 6.09 Å². The lowest BCUT2D eigenvalue weighted by molar-refractivity contribution is -0.176. The molecule has 0 aliphatic heterocycles. The molecule has 1 aliphatic rings. The predicted octanol–water partition coefficient (Wildman–Crippen LogP) is 1.56. The Bertz CT molecular complexity index is 333. The number of carbonyl (C=O) groups excluding carboxylic acids is 1. The molecule has 1 atom stereocenters. The van der Waals surface area contributed by atoms with Gasteiger partial charge in [-0.2, -0.15) is 0 Å². The highest BCUT2D eigenvalue weighted by Gasteiger charge is 2.47. The summed E-state index contributed by atoms with van der Waals surface area (Å²) in [4.78, 5) is 29.8. The second-order valence-corrected chi connectivity index (χ2v) is 5.62. The summed E-state index contributed by atoms with van der Waals surface area (Å²) in [6.07, 6.45) is 0.694. The Morgan fingerprint density at radius 2 is 1.83 bits per heavy atom. The van der Waals surface area contributed by atoms with Crippen LogP contribution in [0.3, 0.4) is 0 Å². The Balaban J connectivity index is 3.02. The minimum atomic E-state index is -1.07. The summed E-state index contributed by atoms with van der Waals surface area (Å²) >= 11 is 0. The third-order valence-corrected chi connectivity index (χ3v) is 3.11. The third-order valence-electron chi connectivity index (χ3n) is 3.11. The standard InChI is InChI=1S/C12H22N2O4/c1-12(2,3)14(11(16)17)9(8-6-7-8)10(15)13(4)18-5/h8-9H,6-7H2,1-5H3,(H,16,17)/t9-/m1/s1. The number of carboxylic acid groups (broad SMARTS) is 1. The highest BCUT2D eigenvalue weighted by atomic mass is 16.7. The number of hydrogen-bond acceptors (Lipinski definition) is 3. The van der Waals surface area contributed by atoms with Crippen molar-refractivity contribution in [3.05, 3.63) is 0 Å². The summed E-state index contributed by atoms with van der Waals surface area (Å²) in [5, 5.41) is 10.5. The van der Waals surface area contributed by atoms with Crippen molar-refractivity contribution in [3.8, 4) is 0 Å². The topological polar surface area (TPSA) is 70.1 Å². The molecule has 1 saturated carbocycles. The van der Waals surface area contributed by atoms with E-state index in [1.54, 1.807) is 20.8 Å². The first-order chi connectivity index (χ1) is 8.20. The summed E-state index contributed by atoms with van der Waals surface area (Å²) in [7, 11) is 2.89. The lowest BCUT2D eigenvalue weighted by atomic mass is 10.0. The van der Waals surface area contributed by atoms with Crippen molar-refractivity contribution in [1.82, 2.24) is 9.96 Å². The Labute approximate surface area is 107 Å². The van der Waals surface area contributed by atoms with Gasteiger partial charge in [-0.25, -0.2) is 9.86 Å². The van der Waals surface area contributed by atoms with Gasteiger partial charge in [0, 0.05) is 12.6 Å². The van der Waals surface area contributed by atoms with Crippen LogP contribution in [0.4, 0.5) is 4.79 Å². The summed E-state index contributed by atoms with van der Waals surface area (Å²) in [6, 6.07) is -0.660. The number of likely N-dealkylation sites (N-methyl/N-ethyl adjacent to an activating group) is 1. The summed E-state index contributed by atoms with van der Waals surface area (Å²) in [5.74, 6) is -0.206. The number of hydrogen-bond donors (Lipinski definition) is 1. The molecular formula is C12H22N2O4. The minimum Gasteiger partial charge on any atom is -0.465 e. The van der Waals surface area contributed by atoms with Gasteiger partial charge in [-0.05, 0) is 39.5 Å². The SMILES string of the molecule is CON(C)C(=O)[C@@H](C1CC1)N(C(=O)O)C(C)(C)C. The third kappa shape index (κ3) is 3.13. The van der Waals surface area contributed by atoms with Crippen LogP contribution in [-0.4, -0.2) is 52.8 Å². The molecule has 104 valence electrons. The van der Waals surface area contributed by atoms with Gasteiger partial charge in [0.1, 0.15) is 6.04 Å². The van der Waals surface area contributed by atoms with Crippen molar-refractivity contribution in [2.24, 2.45) is 5.92 Å². The van der Waals surface area contributed by atoms with Gasteiger partial charge in [0.25, 0.3) is 5.91 Å². The second kappa shape index (κ2) is 5.14. The Morgan fingerprint density at radius 1 is 1.33 bits per heavy atom. The number of amides is 2. The summed E-state index contributed by atoms with van der Waals surface area (Å²) in [6.45, 7) is 5.36. The van der Waals surface area contributed by atoms with Gasteiger partial charge in [-0.15, -0.1) is 0 Å². The minimum absolute atomic E-state index is 0.102. The molecule has 1 N–H and O–H groups in total. The van der Waals surface area contributed by atoms with Crippen molar-refractivity contribution in [3.63, 3.8) is 0 Å². The monoisotopic (exact) mass is 258 g/mol. The van der Waals surface area contributed by atoms with Gasteiger partial charge < -0.3 is 5.11 Å². The van der Waals surface area contributed by atoms with Crippen LogP contribution in [0.25, 0.3) is 0 Å². The predicted molar refractivity (Wildman–Crippen MR) is 65.9 cm³/mol. The molecule has 1 rings (SSSR count). The van der Waals surface area contributed by atoms with Crippen molar-refractivity contribution in [2.45, 2.75) is 45.2 Å². The molecule has 0 aromatic carbocycles. The zero-order valence-electron chi connectivity index (χ0n) is 11.6. The van der Waals surface area contributed by atoms with Crippen LogP contribution >= 0.6 is 0 Å². The second-order valence-electron chi connectivity index (χ2n) is 5.62. The van der Waals surface area contributed by atoms with Crippen molar-refractivity contribution in [2.75, 3.05) is 14.2 Å². The van der Waals surface area contributed by atoms with E-state index in [0.717, 1.165) is 17.9 Å². The molecule has 0 radical (unpaired) electrons. The van der Waals surface area contributed by atoms with E-state index in [-0.39, 0.29) is 11.8 Å². The number of hydroxylamine groups is 2. The van der Waals surface area contributed by atoms with E-state index in [1.165, 1.54) is 19.1 Å². The van der Waals surface area contributed by atoms with Crippen LogP contribution in [0.5, 0.6) is 0 Å². The molecule has 18 heavy (non-hydrogen) atoms. The van der Waals surface area contributed by atoms with Crippen LogP contribution in [0.15, 0.2) is 0 Å². The largest absolute Gasteiger partial charge is 0.465 e. The van der Waals surface area contributed by atoms with Crippen molar-refractivity contribution in [1.29, 1.82) is 0 Å². The van der Waals surface area contributed by atoms with Gasteiger partial charge in [-0.1, -0.05) is 0 Å². The van der Waals surface area contributed by atoms with E-state index in [2.05, 4.69) is 0 Å². The van der Waals surface area contributed by atoms with Gasteiger partial charge in [0.2, 0.25) is 0 Å². The molecular weight excluding hydrogens is 236 g/mol. The highest BCUT2D eigenvalue weighted by Crippen LogP contribution is 2.38. The van der Waals surface area contributed by atoms with E-state index in [1.807, 2.05) is 0 Å². The molecule has 1 aliphatic carbocycles.